The van der Waals surface area contributed by atoms with Crippen LogP contribution < -0.4 is 14.8 Å². The van der Waals surface area contributed by atoms with Crippen LogP contribution in [-0.2, 0) is 14.8 Å². The lowest BCUT2D eigenvalue weighted by molar-refractivity contribution is -0.118. The van der Waals surface area contributed by atoms with Crippen molar-refractivity contribution in [2.45, 2.75) is 4.90 Å². The van der Waals surface area contributed by atoms with Gasteiger partial charge in [0.25, 0.3) is 15.9 Å². The number of nitrogens with one attached hydrogen (secondary N) is 2. The van der Waals surface area contributed by atoms with Gasteiger partial charge in [0, 0.05) is 35.9 Å². The van der Waals surface area contributed by atoms with Crippen LogP contribution in [0.5, 0.6) is 5.75 Å². The molecule has 0 aliphatic rings. The Bertz CT molecular complexity index is 1350. The Hall–Kier alpha value is -3.14. The van der Waals surface area contributed by atoms with Gasteiger partial charge in [0.05, 0.1) is 4.90 Å². The molecule has 1 amide bonds. The molecule has 0 aliphatic carbocycles. The molecular formula is C21H20ClN3O4S2. The lowest BCUT2D eigenvalue weighted by atomic mass is 10.1. The van der Waals surface area contributed by atoms with Crippen molar-refractivity contribution in [1.29, 1.82) is 0 Å². The number of halogens is 1. The van der Waals surface area contributed by atoms with Crippen LogP contribution in [-0.4, -0.2) is 25.9 Å². The number of carbonyl (C=O) groups is 1. The number of carbonyl (C=O) groups excluding carboxylic acids is 1. The Morgan fingerprint density at radius 2 is 1.90 bits per heavy atom. The van der Waals surface area contributed by atoms with Gasteiger partial charge in [0.1, 0.15) is 5.75 Å². The van der Waals surface area contributed by atoms with E-state index in [0.29, 0.717) is 27.2 Å². The average molecular weight is 478 g/mol. The minimum absolute atomic E-state index is 0. The second-order valence-corrected chi connectivity index (χ2v) is 9.38. The number of anilines is 2. The molecule has 162 valence electrons. The van der Waals surface area contributed by atoms with Crippen LogP contribution >= 0.6 is 22.9 Å². The zero-order valence-corrected chi connectivity index (χ0v) is 18.3. The van der Waals surface area contributed by atoms with Crippen molar-refractivity contribution in [3.63, 3.8) is 0 Å². The van der Waals surface area contributed by atoms with Gasteiger partial charge in [0.2, 0.25) is 0 Å². The summed E-state index contributed by atoms with van der Waals surface area (Å²) in [6, 6.07) is 16.7. The fraction of sp³-hybridized carbons (Fsp3) is 0.0476. The van der Waals surface area contributed by atoms with Crippen LogP contribution in [0.4, 0.5) is 10.8 Å². The summed E-state index contributed by atoms with van der Waals surface area (Å²) in [6.07, 6.45) is 1.52. The Morgan fingerprint density at radius 3 is 2.65 bits per heavy atom. The van der Waals surface area contributed by atoms with Crippen LogP contribution in [0, 0.1) is 0 Å². The minimum atomic E-state index is -3.86. The fourth-order valence-corrected chi connectivity index (χ4v) is 5.13. The summed E-state index contributed by atoms with van der Waals surface area (Å²) in [5.41, 5.74) is 0.475. The van der Waals surface area contributed by atoms with E-state index in [-0.39, 0.29) is 25.4 Å². The summed E-state index contributed by atoms with van der Waals surface area (Å²) in [4.78, 5) is 16.5. The van der Waals surface area contributed by atoms with E-state index in [1.165, 1.54) is 23.6 Å². The molecule has 0 spiro atoms. The SMILES string of the molecule is O=C(COc1cccc(Cl)c1)Nc1ccc(S(=O)(=O)Nc2nccs2)c2ccccc12.[HH].[HH]. The van der Waals surface area contributed by atoms with Crippen LogP contribution in [0.3, 0.4) is 0 Å². The maximum absolute atomic E-state index is 12.9. The third-order valence-electron chi connectivity index (χ3n) is 4.27. The van der Waals surface area contributed by atoms with Gasteiger partial charge in [-0.25, -0.2) is 13.4 Å². The van der Waals surface area contributed by atoms with E-state index >= 15 is 0 Å². The number of rotatable bonds is 7. The highest BCUT2D eigenvalue weighted by atomic mass is 35.5. The van der Waals surface area contributed by atoms with Gasteiger partial charge in [-0.05, 0) is 30.3 Å². The number of amides is 1. The predicted molar refractivity (Wildman–Crippen MR) is 127 cm³/mol. The van der Waals surface area contributed by atoms with E-state index in [0.717, 1.165) is 0 Å². The molecule has 4 rings (SSSR count). The summed E-state index contributed by atoms with van der Waals surface area (Å²) in [6.45, 7) is -0.222. The molecule has 3 aromatic carbocycles. The van der Waals surface area contributed by atoms with Crippen molar-refractivity contribution in [2.75, 3.05) is 16.6 Å². The number of ether oxygens (including phenoxy) is 1. The first-order chi connectivity index (χ1) is 14.9. The van der Waals surface area contributed by atoms with Crippen LogP contribution in [0.1, 0.15) is 2.85 Å². The van der Waals surface area contributed by atoms with Crippen molar-refractivity contribution in [2.24, 2.45) is 0 Å². The fourth-order valence-electron chi connectivity index (χ4n) is 2.95. The quantitative estimate of drug-likeness (QED) is 0.378. The van der Waals surface area contributed by atoms with E-state index in [9.17, 15) is 13.2 Å². The average Bonchev–Trinajstić information content (AvgIpc) is 3.25. The van der Waals surface area contributed by atoms with Crippen molar-refractivity contribution in [1.82, 2.24) is 4.98 Å². The number of aromatic nitrogens is 1. The maximum Gasteiger partial charge on any atom is 0.264 e. The van der Waals surface area contributed by atoms with Crippen LogP contribution in [0.25, 0.3) is 10.8 Å². The molecule has 0 unspecified atom stereocenters. The van der Waals surface area contributed by atoms with Crippen LogP contribution in [0.15, 0.2) is 77.1 Å². The lowest BCUT2D eigenvalue weighted by Crippen LogP contribution is -2.20. The molecule has 0 aliphatic heterocycles. The number of nitrogens with zero attached hydrogens (tertiary/aromatic N) is 1. The molecule has 0 saturated carbocycles. The highest BCUT2D eigenvalue weighted by Gasteiger charge is 2.20. The Labute approximate surface area is 190 Å². The maximum atomic E-state index is 12.9. The Balaban J connectivity index is 0.00000193. The molecule has 4 aromatic rings. The molecule has 31 heavy (non-hydrogen) atoms. The number of fused-ring (bicyclic) bond motifs is 1. The van der Waals surface area contributed by atoms with Gasteiger partial charge in [-0.3, -0.25) is 9.52 Å². The van der Waals surface area contributed by atoms with E-state index < -0.39 is 10.0 Å². The third kappa shape index (κ3) is 4.96. The third-order valence-corrected chi connectivity index (χ3v) is 6.72. The second kappa shape index (κ2) is 8.93. The summed E-state index contributed by atoms with van der Waals surface area (Å²) >= 11 is 7.10. The summed E-state index contributed by atoms with van der Waals surface area (Å²) < 4.78 is 33.7. The van der Waals surface area contributed by atoms with E-state index in [1.807, 2.05) is 0 Å². The van der Waals surface area contributed by atoms with E-state index in [2.05, 4.69) is 15.0 Å². The second-order valence-electron chi connectivity index (χ2n) is 6.39. The number of thiazole rings is 1. The largest absolute Gasteiger partial charge is 0.484 e. The molecule has 0 atom stereocenters. The standard InChI is InChI=1S/C21H16ClN3O4S2.2H2/c22-14-4-3-5-15(12-14)29-13-20(26)24-18-8-9-19(17-7-2-1-6-16(17)18)31(27,28)25-21-23-10-11-30-21;;/h1-12H,13H2,(H,23,25)(H,24,26);2*1H. The molecule has 0 fully saturated rings. The number of hydrogen-bond acceptors (Lipinski definition) is 6. The summed E-state index contributed by atoms with van der Waals surface area (Å²) in [5, 5.41) is 6.29. The first-order valence-electron chi connectivity index (χ1n) is 9.05. The first kappa shape index (κ1) is 21.1. The van der Waals surface area contributed by atoms with Crippen LogP contribution in [0.2, 0.25) is 5.02 Å². The molecule has 1 aromatic heterocycles. The number of hydrogen-bond donors (Lipinski definition) is 2. The van der Waals surface area contributed by atoms with Gasteiger partial charge in [0.15, 0.2) is 11.7 Å². The summed E-state index contributed by atoms with van der Waals surface area (Å²) in [7, 11) is -3.86. The molecule has 10 heteroatoms. The Morgan fingerprint density at radius 1 is 1.10 bits per heavy atom. The van der Waals surface area contributed by atoms with Crippen molar-refractivity contribution in [3.8, 4) is 5.75 Å². The smallest absolute Gasteiger partial charge is 0.264 e. The molecule has 0 radical (unpaired) electrons. The Kier molecular flexibility index (Phi) is 6.08. The molecule has 2 N–H and O–H groups in total. The number of benzene rings is 3. The molecule has 0 saturated heterocycles. The minimum Gasteiger partial charge on any atom is -0.484 e. The van der Waals surface area contributed by atoms with Crippen molar-refractivity contribution in [3.05, 3.63) is 77.3 Å². The predicted octanol–water partition coefficient (Wildman–Crippen LogP) is 5.26. The van der Waals surface area contributed by atoms with Gasteiger partial charge in [-0.2, -0.15) is 0 Å². The van der Waals surface area contributed by atoms with E-state index in [1.54, 1.807) is 60.0 Å². The first-order valence-corrected chi connectivity index (χ1v) is 11.8. The molecular weight excluding hydrogens is 458 g/mol. The van der Waals surface area contributed by atoms with Crippen molar-refractivity contribution >= 4 is 60.5 Å². The normalized spacial score (nSPS) is 11.3. The van der Waals surface area contributed by atoms with Crippen molar-refractivity contribution < 1.29 is 20.8 Å². The van der Waals surface area contributed by atoms with Gasteiger partial charge in [-0.15, -0.1) is 11.3 Å². The monoisotopic (exact) mass is 477 g/mol. The van der Waals surface area contributed by atoms with Gasteiger partial charge >= 0.3 is 0 Å². The highest BCUT2D eigenvalue weighted by molar-refractivity contribution is 7.93. The lowest BCUT2D eigenvalue weighted by Gasteiger charge is -2.13. The van der Waals surface area contributed by atoms with Gasteiger partial charge in [-0.1, -0.05) is 41.9 Å². The summed E-state index contributed by atoms with van der Waals surface area (Å²) in [5.74, 6) is 0.0869. The number of sulfonamides is 1. The highest BCUT2D eigenvalue weighted by Crippen LogP contribution is 2.31. The van der Waals surface area contributed by atoms with Gasteiger partial charge < -0.3 is 10.1 Å². The molecule has 1 heterocycles. The molecule has 7 nitrogen and oxygen atoms in total. The topological polar surface area (TPSA) is 97.4 Å². The van der Waals surface area contributed by atoms with E-state index in [4.69, 9.17) is 16.3 Å². The zero-order valence-electron chi connectivity index (χ0n) is 15.9. The zero-order chi connectivity index (χ0) is 21.8. The molecule has 0 bridgehead atoms.